The Kier molecular flexibility index (Phi) is 7.63. The molecular formula is C20H27ClF2N2O4S. The number of hydrogen-bond acceptors (Lipinski definition) is 4. The highest BCUT2D eigenvalue weighted by Gasteiger charge is 2.41. The zero-order chi connectivity index (χ0) is 22.9. The molecule has 0 bridgehead atoms. The first-order chi connectivity index (χ1) is 13.7. The van der Waals surface area contributed by atoms with Gasteiger partial charge >= 0.3 is 0 Å². The Labute approximate surface area is 181 Å². The Morgan fingerprint density at radius 1 is 1.30 bits per heavy atom. The van der Waals surface area contributed by atoms with Gasteiger partial charge in [0.15, 0.2) is 5.78 Å². The Balaban J connectivity index is 2.13. The largest absolute Gasteiger partial charge is 0.328 e. The molecule has 1 saturated heterocycles. The van der Waals surface area contributed by atoms with E-state index in [9.17, 15) is 26.8 Å². The van der Waals surface area contributed by atoms with Gasteiger partial charge in [-0.3, -0.25) is 9.59 Å². The van der Waals surface area contributed by atoms with Crippen molar-refractivity contribution in [1.82, 2.24) is 9.21 Å². The molecule has 1 unspecified atom stereocenters. The van der Waals surface area contributed by atoms with E-state index in [1.54, 1.807) is 26.8 Å². The third kappa shape index (κ3) is 5.98. The van der Waals surface area contributed by atoms with Crippen LogP contribution < -0.4 is 0 Å². The van der Waals surface area contributed by atoms with Crippen molar-refractivity contribution in [3.8, 4) is 0 Å². The zero-order valence-electron chi connectivity index (χ0n) is 17.5. The van der Waals surface area contributed by atoms with E-state index >= 15 is 0 Å². The number of sulfonamides is 1. The molecule has 1 aromatic rings. The van der Waals surface area contributed by atoms with E-state index in [2.05, 4.69) is 0 Å². The summed E-state index contributed by atoms with van der Waals surface area (Å²) in [5.41, 5.74) is -0.596. The van der Waals surface area contributed by atoms with Crippen LogP contribution in [0.4, 0.5) is 8.78 Å². The molecule has 1 aliphatic rings. The molecule has 1 aliphatic heterocycles. The number of Topliss-reactive ketones (excluding diaryl/α,β-unsaturated/α-hetero) is 1. The molecule has 1 fully saturated rings. The fourth-order valence-electron chi connectivity index (χ4n) is 3.60. The molecule has 1 amide bonds. The number of benzene rings is 1. The van der Waals surface area contributed by atoms with Gasteiger partial charge in [-0.05, 0) is 38.8 Å². The van der Waals surface area contributed by atoms with Gasteiger partial charge in [-0.25, -0.2) is 17.2 Å². The summed E-state index contributed by atoms with van der Waals surface area (Å²) >= 11 is 5.75. The number of carbonyl (C=O) groups is 2. The fourth-order valence-corrected chi connectivity index (χ4v) is 5.13. The second-order valence-corrected chi connectivity index (χ2v) is 10.8. The van der Waals surface area contributed by atoms with Crippen molar-refractivity contribution in [3.05, 3.63) is 34.6 Å². The van der Waals surface area contributed by atoms with Gasteiger partial charge in [0.1, 0.15) is 12.0 Å². The summed E-state index contributed by atoms with van der Waals surface area (Å²) in [6, 6.07) is 3.48. The summed E-state index contributed by atoms with van der Waals surface area (Å²) in [6.45, 7) is 4.17. The van der Waals surface area contributed by atoms with Crippen LogP contribution in [0.3, 0.4) is 0 Å². The van der Waals surface area contributed by atoms with Crippen LogP contribution in [0, 0.1) is 5.82 Å². The smallest absolute Gasteiger partial charge is 0.238 e. The molecule has 1 heterocycles. The Morgan fingerprint density at radius 3 is 2.50 bits per heavy atom. The van der Waals surface area contributed by atoms with Gasteiger partial charge in [-0.2, -0.15) is 4.31 Å². The van der Waals surface area contributed by atoms with E-state index in [4.69, 9.17) is 11.6 Å². The zero-order valence-corrected chi connectivity index (χ0v) is 19.1. The molecular weight excluding hydrogens is 438 g/mol. The van der Waals surface area contributed by atoms with Gasteiger partial charge in [0.25, 0.3) is 0 Å². The third-order valence-electron chi connectivity index (χ3n) is 5.04. The maximum atomic E-state index is 14.1. The molecule has 0 saturated carbocycles. The van der Waals surface area contributed by atoms with Crippen LogP contribution >= 0.6 is 11.6 Å². The molecule has 0 N–H and O–H groups in total. The lowest BCUT2D eigenvalue weighted by Crippen LogP contribution is -2.52. The minimum Gasteiger partial charge on any atom is -0.328 e. The summed E-state index contributed by atoms with van der Waals surface area (Å²) in [7, 11) is -3.70. The van der Waals surface area contributed by atoms with Gasteiger partial charge in [-0.15, -0.1) is 0 Å². The molecule has 0 radical (unpaired) electrons. The van der Waals surface area contributed by atoms with E-state index in [-0.39, 0.29) is 36.4 Å². The molecule has 0 aromatic heterocycles. The van der Waals surface area contributed by atoms with Gasteiger partial charge < -0.3 is 4.90 Å². The number of hydrogen-bond donors (Lipinski definition) is 0. The van der Waals surface area contributed by atoms with Crippen molar-refractivity contribution >= 4 is 33.3 Å². The highest BCUT2D eigenvalue weighted by molar-refractivity contribution is 7.88. The predicted molar refractivity (Wildman–Crippen MR) is 111 cm³/mol. The van der Waals surface area contributed by atoms with Crippen molar-refractivity contribution in [2.24, 2.45) is 0 Å². The lowest BCUT2D eigenvalue weighted by molar-refractivity contribution is -0.138. The number of nitrogens with zero attached hydrogens (tertiary/aromatic N) is 2. The fraction of sp³-hybridized carbons (Fsp3) is 0.600. The van der Waals surface area contributed by atoms with Crippen molar-refractivity contribution < 1.29 is 26.8 Å². The van der Waals surface area contributed by atoms with Gasteiger partial charge in [0, 0.05) is 18.4 Å². The summed E-state index contributed by atoms with van der Waals surface area (Å²) in [4.78, 5) is 26.6. The number of carbonyl (C=O) groups excluding carboxylic acids is 2. The molecule has 1 aromatic carbocycles. The highest BCUT2D eigenvalue weighted by Crippen LogP contribution is 2.26. The average molecular weight is 465 g/mol. The summed E-state index contributed by atoms with van der Waals surface area (Å²) in [5.74, 6) is -1.64. The van der Waals surface area contributed by atoms with Crippen LogP contribution in [0.25, 0.3) is 0 Å². The number of rotatable bonds is 7. The predicted octanol–water partition coefficient (Wildman–Crippen LogP) is 2.98. The minimum absolute atomic E-state index is 0.0514. The van der Waals surface area contributed by atoms with E-state index in [0.29, 0.717) is 0 Å². The monoisotopic (exact) mass is 464 g/mol. The maximum Gasteiger partial charge on any atom is 0.238 e. The van der Waals surface area contributed by atoms with Crippen LogP contribution in [0.15, 0.2) is 18.2 Å². The molecule has 6 nitrogen and oxygen atoms in total. The number of halogens is 3. The van der Waals surface area contributed by atoms with Crippen LogP contribution in [-0.4, -0.2) is 66.4 Å². The molecule has 0 aliphatic carbocycles. The van der Waals surface area contributed by atoms with Crippen LogP contribution in [0.1, 0.15) is 39.2 Å². The van der Waals surface area contributed by atoms with Gasteiger partial charge in [0.05, 0.1) is 30.4 Å². The van der Waals surface area contributed by atoms with Crippen molar-refractivity contribution in [3.63, 3.8) is 0 Å². The van der Waals surface area contributed by atoms with E-state index in [0.717, 1.165) is 15.5 Å². The summed E-state index contributed by atoms with van der Waals surface area (Å²) < 4.78 is 53.3. The lowest BCUT2D eigenvalue weighted by atomic mass is 10.0. The summed E-state index contributed by atoms with van der Waals surface area (Å²) in [6.07, 6.45) is -0.565. The number of aryl methyl sites for hydroxylation is 1. The second-order valence-electron chi connectivity index (χ2n) is 8.51. The Morgan fingerprint density at radius 2 is 1.93 bits per heavy atom. The Hall–Kier alpha value is -1.58. The first-order valence-corrected chi connectivity index (χ1v) is 11.8. The quantitative estimate of drug-likeness (QED) is 0.621. The molecule has 30 heavy (non-hydrogen) atoms. The second kappa shape index (κ2) is 9.28. The number of likely N-dealkylation sites (tertiary alicyclic amines) is 1. The van der Waals surface area contributed by atoms with Crippen molar-refractivity contribution in [1.29, 1.82) is 0 Å². The normalized spacial score (nSPS) is 20.1. The molecule has 2 rings (SSSR count). The molecule has 168 valence electrons. The topological polar surface area (TPSA) is 74.8 Å². The van der Waals surface area contributed by atoms with Gasteiger partial charge in [0.2, 0.25) is 15.9 Å². The summed E-state index contributed by atoms with van der Waals surface area (Å²) in [5, 5.41) is -0.0514. The SMILES string of the molecule is CC(C)(C)N(CC(=O)N1C[C@H](F)CC1C(=O)CCc1cccc(Cl)c1F)S(C)(=O)=O. The van der Waals surface area contributed by atoms with E-state index in [1.165, 1.54) is 12.1 Å². The molecule has 10 heteroatoms. The first-order valence-electron chi connectivity index (χ1n) is 9.58. The average Bonchev–Trinajstić information content (AvgIpc) is 3.00. The van der Waals surface area contributed by atoms with Gasteiger partial charge in [-0.1, -0.05) is 23.7 Å². The molecule has 0 spiro atoms. The number of alkyl halides is 1. The van der Waals surface area contributed by atoms with E-state index < -0.39 is 51.8 Å². The Bertz CT molecular complexity index is 918. The maximum absolute atomic E-state index is 14.1. The van der Waals surface area contributed by atoms with Crippen LogP contribution in [0.2, 0.25) is 5.02 Å². The lowest BCUT2D eigenvalue weighted by Gasteiger charge is -2.34. The molecule has 2 atom stereocenters. The standard InChI is InChI=1S/C20H27ClF2N2O4S/c1-20(2,3)25(30(4,28)29)12-18(27)24-11-14(22)10-16(24)17(26)9-8-13-6-5-7-15(21)19(13)23/h5-7,14,16H,8-12H2,1-4H3/t14-,16?/m1/s1. The van der Waals surface area contributed by atoms with Crippen molar-refractivity contribution in [2.75, 3.05) is 19.3 Å². The first kappa shape index (κ1) is 24.7. The van der Waals surface area contributed by atoms with Crippen molar-refractivity contribution in [2.45, 2.75) is 57.8 Å². The minimum atomic E-state index is -3.70. The van der Waals surface area contributed by atoms with Crippen LogP contribution in [0.5, 0.6) is 0 Å². The number of amides is 1. The third-order valence-corrected chi connectivity index (χ3v) is 6.81. The number of ketones is 1. The van der Waals surface area contributed by atoms with E-state index in [1.807, 2.05) is 0 Å². The highest BCUT2D eigenvalue weighted by atomic mass is 35.5. The van der Waals surface area contributed by atoms with Crippen LogP contribution in [-0.2, 0) is 26.0 Å².